The van der Waals surface area contributed by atoms with Gasteiger partial charge in [0.1, 0.15) is 6.54 Å². The number of aromatic nitrogens is 1. The number of para-hydroxylation sites is 1. The SMILES string of the molecule is Cc1cc2ccccc2n1CC(=O)NCC(=O)N1CCN(c2ccc(Cl)cc2)CC1. The number of benzene rings is 2. The van der Waals surface area contributed by atoms with Crippen molar-refractivity contribution in [1.29, 1.82) is 0 Å². The first kappa shape index (κ1) is 20.3. The van der Waals surface area contributed by atoms with Crippen molar-refractivity contribution in [2.24, 2.45) is 0 Å². The van der Waals surface area contributed by atoms with Crippen molar-refractivity contribution >= 4 is 40.0 Å². The molecule has 156 valence electrons. The lowest BCUT2D eigenvalue weighted by atomic mass is 10.2. The van der Waals surface area contributed by atoms with Crippen LogP contribution in [0.1, 0.15) is 5.69 Å². The summed E-state index contributed by atoms with van der Waals surface area (Å²) in [6, 6.07) is 17.8. The fourth-order valence-electron chi connectivity index (χ4n) is 3.91. The number of nitrogens with zero attached hydrogens (tertiary/aromatic N) is 3. The van der Waals surface area contributed by atoms with Crippen molar-refractivity contribution in [3.05, 3.63) is 65.3 Å². The molecule has 2 amide bonds. The van der Waals surface area contributed by atoms with Crippen LogP contribution in [0.2, 0.25) is 5.02 Å². The van der Waals surface area contributed by atoms with Crippen molar-refractivity contribution < 1.29 is 9.59 Å². The molecule has 1 aliphatic heterocycles. The third kappa shape index (κ3) is 4.44. The molecule has 1 N–H and O–H groups in total. The molecule has 1 fully saturated rings. The van der Waals surface area contributed by atoms with Crippen LogP contribution >= 0.6 is 11.6 Å². The summed E-state index contributed by atoms with van der Waals surface area (Å²) in [4.78, 5) is 29.0. The molecule has 7 heteroatoms. The Hall–Kier alpha value is -2.99. The fraction of sp³-hybridized carbons (Fsp3) is 0.304. The fourth-order valence-corrected chi connectivity index (χ4v) is 4.04. The van der Waals surface area contributed by atoms with E-state index >= 15 is 0 Å². The van der Waals surface area contributed by atoms with Crippen molar-refractivity contribution in [1.82, 2.24) is 14.8 Å². The monoisotopic (exact) mass is 424 g/mol. The van der Waals surface area contributed by atoms with Crippen molar-refractivity contribution in [2.45, 2.75) is 13.5 Å². The number of hydrogen-bond acceptors (Lipinski definition) is 3. The van der Waals surface area contributed by atoms with E-state index in [2.05, 4.69) is 16.3 Å². The largest absolute Gasteiger partial charge is 0.368 e. The van der Waals surface area contributed by atoms with Crippen molar-refractivity contribution in [3.63, 3.8) is 0 Å². The normalized spacial score (nSPS) is 14.2. The highest BCUT2D eigenvalue weighted by molar-refractivity contribution is 6.30. The number of fused-ring (bicyclic) bond motifs is 1. The van der Waals surface area contributed by atoms with Crippen LogP contribution in [0, 0.1) is 6.92 Å². The third-order valence-electron chi connectivity index (χ3n) is 5.58. The molecule has 1 aliphatic rings. The molecule has 0 radical (unpaired) electrons. The van der Waals surface area contributed by atoms with E-state index in [1.807, 2.05) is 64.9 Å². The zero-order valence-corrected chi connectivity index (χ0v) is 17.7. The Balaban J connectivity index is 1.27. The molecule has 0 bridgehead atoms. The Labute approximate surface area is 181 Å². The van der Waals surface area contributed by atoms with Gasteiger partial charge in [-0.05, 0) is 48.7 Å². The number of nitrogens with one attached hydrogen (secondary N) is 1. The Morgan fingerprint density at radius 3 is 2.43 bits per heavy atom. The smallest absolute Gasteiger partial charge is 0.242 e. The molecule has 30 heavy (non-hydrogen) atoms. The Morgan fingerprint density at radius 2 is 1.70 bits per heavy atom. The lowest BCUT2D eigenvalue weighted by Gasteiger charge is -2.36. The van der Waals surface area contributed by atoms with Crippen LogP contribution < -0.4 is 10.2 Å². The maximum absolute atomic E-state index is 12.5. The molecule has 1 aromatic heterocycles. The van der Waals surface area contributed by atoms with E-state index < -0.39 is 0 Å². The van der Waals surface area contributed by atoms with Crippen molar-refractivity contribution in [2.75, 3.05) is 37.6 Å². The summed E-state index contributed by atoms with van der Waals surface area (Å²) >= 11 is 5.95. The summed E-state index contributed by atoms with van der Waals surface area (Å²) in [6.45, 7) is 5.01. The van der Waals surface area contributed by atoms with Crippen LogP contribution in [0.15, 0.2) is 54.6 Å². The average molecular weight is 425 g/mol. The summed E-state index contributed by atoms with van der Waals surface area (Å²) in [5, 5.41) is 4.60. The minimum atomic E-state index is -0.160. The molecule has 6 nitrogen and oxygen atoms in total. The zero-order chi connectivity index (χ0) is 21.1. The van der Waals surface area contributed by atoms with Gasteiger partial charge < -0.3 is 19.7 Å². The van der Waals surface area contributed by atoms with E-state index in [0.29, 0.717) is 18.1 Å². The quantitative estimate of drug-likeness (QED) is 0.684. The topological polar surface area (TPSA) is 57.6 Å². The Kier molecular flexibility index (Phi) is 5.95. The number of anilines is 1. The molecule has 0 unspecified atom stereocenters. The number of carbonyl (C=O) groups is 2. The lowest BCUT2D eigenvalue weighted by molar-refractivity contribution is -0.133. The third-order valence-corrected chi connectivity index (χ3v) is 5.83. The summed E-state index contributed by atoms with van der Waals surface area (Å²) in [5.74, 6) is -0.208. The number of carbonyl (C=O) groups excluding carboxylic acids is 2. The average Bonchev–Trinajstić information content (AvgIpc) is 3.08. The van der Waals surface area contributed by atoms with Gasteiger partial charge in [-0.1, -0.05) is 29.8 Å². The molecule has 1 saturated heterocycles. The highest BCUT2D eigenvalue weighted by Gasteiger charge is 2.21. The minimum Gasteiger partial charge on any atom is -0.368 e. The molecular weight excluding hydrogens is 400 g/mol. The lowest BCUT2D eigenvalue weighted by Crippen LogP contribution is -2.51. The van der Waals surface area contributed by atoms with E-state index in [-0.39, 0.29) is 24.9 Å². The number of amides is 2. The Bertz CT molecular complexity index is 1050. The molecule has 3 aromatic rings. The maximum Gasteiger partial charge on any atom is 0.242 e. The first-order valence-electron chi connectivity index (χ1n) is 10.1. The van der Waals surface area contributed by atoms with E-state index in [4.69, 9.17) is 11.6 Å². The summed E-state index contributed by atoms with van der Waals surface area (Å²) in [5.41, 5.74) is 3.15. The Morgan fingerprint density at radius 1 is 1.00 bits per heavy atom. The molecule has 0 atom stereocenters. The number of hydrogen-bond donors (Lipinski definition) is 1. The predicted molar refractivity (Wildman–Crippen MR) is 120 cm³/mol. The van der Waals surface area contributed by atoms with Gasteiger partial charge in [0, 0.05) is 48.1 Å². The van der Waals surface area contributed by atoms with Gasteiger partial charge in [-0.3, -0.25) is 9.59 Å². The maximum atomic E-state index is 12.5. The van der Waals surface area contributed by atoms with Crippen LogP contribution in [-0.4, -0.2) is 54.0 Å². The van der Waals surface area contributed by atoms with Gasteiger partial charge in [0.25, 0.3) is 0 Å². The van der Waals surface area contributed by atoms with Gasteiger partial charge in [0.2, 0.25) is 11.8 Å². The van der Waals surface area contributed by atoms with Crippen LogP contribution in [0.25, 0.3) is 10.9 Å². The molecule has 2 heterocycles. The number of rotatable bonds is 5. The van der Waals surface area contributed by atoms with Crippen LogP contribution in [0.3, 0.4) is 0 Å². The van der Waals surface area contributed by atoms with E-state index in [0.717, 1.165) is 35.4 Å². The van der Waals surface area contributed by atoms with Crippen LogP contribution in [0.5, 0.6) is 0 Å². The summed E-state index contributed by atoms with van der Waals surface area (Å²) < 4.78 is 1.97. The second-order valence-corrected chi connectivity index (χ2v) is 7.99. The molecule has 0 spiro atoms. The van der Waals surface area contributed by atoms with E-state index in [1.54, 1.807) is 0 Å². The zero-order valence-electron chi connectivity index (χ0n) is 17.0. The first-order chi connectivity index (χ1) is 14.5. The van der Waals surface area contributed by atoms with Gasteiger partial charge in [-0.15, -0.1) is 0 Å². The van der Waals surface area contributed by atoms with Gasteiger partial charge in [0.05, 0.1) is 6.54 Å². The van der Waals surface area contributed by atoms with Crippen LogP contribution in [0.4, 0.5) is 5.69 Å². The number of aryl methyl sites for hydroxylation is 1. The first-order valence-corrected chi connectivity index (χ1v) is 10.5. The van der Waals surface area contributed by atoms with Gasteiger partial charge >= 0.3 is 0 Å². The number of halogens is 1. The minimum absolute atomic E-state index is 0.0258. The second kappa shape index (κ2) is 8.79. The van der Waals surface area contributed by atoms with E-state index in [1.165, 1.54) is 0 Å². The predicted octanol–water partition coefficient (Wildman–Crippen LogP) is 3.07. The van der Waals surface area contributed by atoms with Crippen LogP contribution in [-0.2, 0) is 16.1 Å². The second-order valence-electron chi connectivity index (χ2n) is 7.55. The highest BCUT2D eigenvalue weighted by atomic mass is 35.5. The molecule has 2 aromatic carbocycles. The molecule has 0 aliphatic carbocycles. The van der Waals surface area contributed by atoms with E-state index in [9.17, 15) is 9.59 Å². The summed E-state index contributed by atoms with van der Waals surface area (Å²) in [7, 11) is 0. The molecule has 0 saturated carbocycles. The number of piperazine rings is 1. The molecular formula is C23H25ClN4O2. The highest BCUT2D eigenvalue weighted by Crippen LogP contribution is 2.20. The van der Waals surface area contributed by atoms with Gasteiger partial charge in [0.15, 0.2) is 0 Å². The van der Waals surface area contributed by atoms with Gasteiger partial charge in [-0.25, -0.2) is 0 Å². The molecule has 4 rings (SSSR count). The van der Waals surface area contributed by atoms with Gasteiger partial charge in [-0.2, -0.15) is 0 Å². The standard InChI is InChI=1S/C23H25ClN4O2/c1-17-14-18-4-2-3-5-21(18)28(17)16-22(29)25-15-23(30)27-12-10-26(11-13-27)20-8-6-19(24)7-9-20/h2-9,14H,10-13,15-16H2,1H3,(H,25,29). The van der Waals surface area contributed by atoms with Crippen molar-refractivity contribution in [3.8, 4) is 0 Å². The summed E-state index contributed by atoms with van der Waals surface area (Å²) in [6.07, 6.45) is 0.